The van der Waals surface area contributed by atoms with Crippen LogP contribution in [0.1, 0.15) is 20.6 Å². The predicted molar refractivity (Wildman–Crippen MR) is 190 cm³/mol. The summed E-state index contributed by atoms with van der Waals surface area (Å²) in [5.41, 5.74) is 0.0769. The Bertz CT molecular complexity index is 3290. The molecule has 1 heterocycles. The molecule has 0 radical (unpaired) electrons. The first-order chi connectivity index (χ1) is 28.6. The zero-order valence-electron chi connectivity index (χ0n) is 38.4. The molecule has 0 saturated heterocycles. The molecule has 9 aromatic rings. The minimum atomic E-state index is -0.702. The molecule has 8 aromatic carbocycles. The van der Waals surface area contributed by atoms with E-state index in [-0.39, 0.29) is 68.4 Å². The topological polar surface area (TPSA) is 13.1 Å². The zero-order valence-corrected chi connectivity index (χ0v) is 23.4. The fourth-order valence-electron chi connectivity index (χ4n) is 6.02. The molecule has 9 rings (SSSR count). The molecule has 1 nitrogen and oxygen atoms in total. The van der Waals surface area contributed by atoms with Gasteiger partial charge in [0.2, 0.25) is 0 Å². The number of hydrogen-bond donors (Lipinski definition) is 0. The molecular formula is C44H28O. The number of benzene rings is 8. The van der Waals surface area contributed by atoms with Gasteiger partial charge in [0.15, 0.2) is 0 Å². The average Bonchev–Trinajstić information content (AvgIpc) is 3.66. The number of hydrogen-bond acceptors (Lipinski definition) is 1. The monoisotopic (exact) mass is 587 g/mol. The van der Waals surface area contributed by atoms with E-state index >= 15 is 0 Å². The molecule has 0 amide bonds. The van der Waals surface area contributed by atoms with Gasteiger partial charge in [-0.05, 0) is 90.2 Å². The Morgan fingerprint density at radius 1 is 0.378 bits per heavy atom. The summed E-state index contributed by atoms with van der Waals surface area (Å²) in [4.78, 5) is 0. The van der Waals surface area contributed by atoms with Gasteiger partial charge in [0.1, 0.15) is 11.2 Å². The van der Waals surface area contributed by atoms with E-state index in [4.69, 9.17) is 19.5 Å². The van der Waals surface area contributed by atoms with Gasteiger partial charge in [-0.25, -0.2) is 0 Å². The Labute approximate surface area is 282 Å². The van der Waals surface area contributed by atoms with Crippen LogP contribution in [-0.2, 0) is 0 Å². The number of fused-ring (bicyclic) bond motifs is 5. The third kappa shape index (κ3) is 4.17. The Morgan fingerprint density at radius 3 is 1.64 bits per heavy atom. The lowest BCUT2D eigenvalue weighted by Gasteiger charge is -2.18. The summed E-state index contributed by atoms with van der Waals surface area (Å²) in [6.07, 6.45) is 0. The highest BCUT2D eigenvalue weighted by molar-refractivity contribution is 6.22. The molecule has 0 N–H and O–H groups in total. The molecular weight excluding hydrogens is 544 g/mol. The molecule has 0 saturated carbocycles. The lowest BCUT2D eigenvalue weighted by molar-refractivity contribution is 0.669. The predicted octanol–water partition coefficient (Wildman–Crippen LogP) is 12.6. The quantitative estimate of drug-likeness (QED) is 0.187. The van der Waals surface area contributed by atoms with Gasteiger partial charge in [-0.2, -0.15) is 0 Å². The second-order valence-electron chi connectivity index (χ2n) is 10.5. The fraction of sp³-hybridized carbons (Fsp3) is 0. The van der Waals surface area contributed by atoms with Crippen molar-refractivity contribution in [3.05, 3.63) is 169 Å². The summed E-state index contributed by atoms with van der Waals surface area (Å²) < 4.78 is 140. The van der Waals surface area contributed by atoms with Crippen molar-refractivity contribution in [1.82, 2.24) is 0 Å². The van der Waals surface area contributed by atoms with Gasteiger partial charge in [0.25, 0.3) is 0 Å². The molecule has 45 heavy (non-hydrogen) atoms. The second-order valence-corrected chi connectivity index (χ2v) is 10.5. The second kappa shape index (κ2) is 10.4. The van der Waals surface area contributed by atoms with E-state index < -0.39 is 72.0 Å². The van der Waals surface area contributed by atoms with E-state index in [0.29, 0.717) is 38.2 Å². The SMILES string of the molecule is [2H]c1c([2H])c([2H])c(-c2c([2H])c([2H])c([2H])c3oc4c([2H])c(-c5c6ccccc6c(-c6c([2H])c([2H])c([2H])c(-c7ccccc7)c6[2H])c6ccccc56)c([2H])c([2H])c4c23)c([2H])c1[2H]. The minimum absolute atomic E-state index is 0.0524. The van der Waals surface area contributed by atoms with E-state index in [0.717, 1.165) is 0 Å². The van der Waals surface area contributed by atoms with Crippen LogP contribution in [0, 0.1) is 0 Å². The van der Waals surface area contributed by atoms with E-state index in [2.05, 4.69) is 0 Å². The van der Waals surface area contributed by atoms with Gasteiger partial charge in [0, 0.05) is 10.8 Å². The first-order valence-electron chi connectivity index (χ1n) is 21.7. The van der Waals surface area contributed by atoms with Gasteiger partial charge in [0.05, 0.1) is 20.6 Å². The van der Waals surface area contributed by atoms with Gasteiger partial charge in [-0.1, -0.05) is 145 Å². The number of rotatable bonds is 4. The zero-order chi connectivity index (χ0) is 42.8. The highest BCUT2D eigenvalue weighted by atomic mass is 16.3. The van der Waals surface area contributed by atoms with Gasteiger partial charge in [-0.15, -0.1) is 0 Å². The Kier molecular flexibility index (Phi) is 3.39. The maximum absolute atomic E-state index is 9.68. The van der Waals surface area contributed by atoms with Crippen LogP contribution in [0.4, 0.5) is 0 Å². The largest absolute Gasteiger partial charge is 0.456 e. The van der Waals surface area contributed by atoms with Crippen molar-refractivity contribution >= 4 is 43.5 Å². The molecule has 1 heteroatoms. The highest BCUT2D eigenvalue weighted by Crippen LogP contribution is 2.45. The van der Waals surface area contributed by atoms with Gasteiger partial charge in [-0.3, -0.25) is 0 Å². The third-order valence-corrected chi connectivity index (χ3v) is 7.94. The molecule has 0 aliphatic carbocycles. The van der Waals surface area contributed by atoms with E-state index in [1.165, 1.54) is 0 Å². The Balaban J connectivity index is 1.43. The standard InChI is InChI=1S/C44H28O/c1-3-13-29(14-4-1)31-17-11-18-32(27-31)42-35-19-7-9-21-37(35)43(38-22-10-8-20-36(38)42)33-25-26-39-41(28-33)45-40-24-12-23-34(44(39)40)30-15-5-2-6-16-30/h1-28H/i2D,5D,6D,11D,12D,15D,16D,17D,18D,23D,24D,25D,26D,27D,28D. The van der Waals surface area contributed by atoms with Crippen molar-refractivity contribution in [1.29, 1.82) is 0 Å². The summed E-state index contributed by atoms with van der Waals surface area (Å²) >= 11 is 0. The van der Waals surface area contributed by atoms with Crippen LogP contribution >= 0.6 is 0 Å². The molecule has 0 atom stereocenters. The molecule has 0 spiro atoms. The summed E-state index contributed by atoms with van der Waals surface area (Å²) in [7, 11) is 0. The van der Waals surface area contributed by atoms with Gasteiger partial charge < -0.3 is 4.42 Å². The lowest BCUT2D eigenvalue weighted by Crippen LogP contribution is -1.91. The first kappa shape index (κ1) is 14.7. The fourth-order valence-corrected chi connectivity index (χ4v) is 6.02. The van der Waals surface area contributed by atoms with Crippen LogP contribution in [0.5, 0.6) is 0 Å². The summed E-state index contributed by atoms with van der Waals surface area (Å²) in [6.45, 7) is 0. The molecule has 0 aliphatic rings. The summed E-state index contributed by atoms with van der Waals surface area (Å²) in [6, 6.07) is 15.0. The molecule has 0 aliphatic heterocycles. The van der Waals surface area contributed by atoms with Crippen LogP contribution < -0.4 is 0 Å². The van der Waals surface area contributed by atoms with Crippen molar-refractivity contribution in [2.24, 2.45) is 0 Å². The minimum Gasteiger partial charge on any atom is -0.456 e. The summed E-state index contributed by atoms with van der Waals surface area (Å²) in [5, 5.41) is 1.51. The van der Waals surface area contributed by atoms with Crippen molar-refractivity contribution in [3.8, 4) is 44.5 Å². The van der Waals surface area contributed by atoms with Crippen LogP contribution in [0.3, 0.4) is 0 Å². The van der Waals surface area contributed by atoms with E-state index in [1.807, 2.05) is 0 Å². The molecule has 0 bridgehead atoms. The van der Waals surface area contributed by atoms with Crippen LogP contribution in [0.25, 0.3) is 88.0 Å². The van der Waals surface area contributed by atoms with E-state index in [1.54, 1.807) is 78.9 Å². The van der Waals surface area contributed by atoms with Crippen molar-refractivity contribution in [2.75, 3.05) is 0 Å². The maximum atomic E-state index is 9.68. The maximum Gasteiger partial charge on any atom is 0.136 e. The van der Waals surface area contributed by atoms with Crippen LogP contribution in [0.2, 0.25) is 0 Å². The Morgan fingerprint density at radius 2 is 0.956 bits per heavy atom. The normalized spacial score (nSPS) is 16.2. The van der Waals surface area contributed by atoms with E-state index in [9.17, 15) is 5.48 Å². The third-order valence-electron chi connectivity index (χ3n) is 7.94. The first-order valence-corrected chi connectivity index (χ1v) is 14.2. The number of furan rings is 1. The van der Waals surface area contributed by atoms with Crippen molar-refractivity contribution in [2.45, 2.75) is 0 Å². The molecule has 0 fully saturated rings. The molecule has 210 valence electrons. The van der Waals surface area contributed by atoms with Crippen molar-refractivity contribution < 1.29 is 25.0 Å². The molecule has 1 aromatic heterocycles. The lowest BCUT2D eigenvalue weighted by atomic mass is 9.85. The molecule has 0 unspecified atom stereocenters. The average molecular weight is 588 g/mol. The highest BCUT2D eigenvalue weighted by Gasteiger charge is 2.19. The van der Waals surface area contributed by atoms with Crippen LogP contribution in [-0.4, -0.2) is 0 Å². The van der Waals surface area contributed by atoms with Gasteiger partial charge >= 0.3 is 0 Å². The van der Waals surface area contributed by atoms with Crippen molar-refractivity contribution in [3.63, 3.8) is 0 Å². The smallest absolute Gasteiger partial charge is 0.136 e. The Hall–Kier alpha value is -5.92. The summed E-state index contributed by atoms with van der Waals surface area (Å²) in [5.74, 6) is 0. The van der Waals surface area contributed by atoms with Crippen LogP contribution in [0.15, 0.2) is 174 Å².